The van der Waals surface area contributed by atoms with Gasteiger partial charge in [0, 0.05) is 23.5 Å². The zero-order chi connectivity index (χ0) is 13.5. The van der Waals surface area contributed by atoms with Crippen molar-refractivity contribution in [3.8, 4) is 0 Å². The van der Waals surface area contributed by atoms with Crippen molar-refractivity contribution in [2.45, 2.75) is 38.0 Å². The van der Waals surface area contributed by atoms with Crippen LogP contribution >= 0.6 is 0 Å². The molecule has 2 aliphatic rings. The van der Waals surface area contributed by atoms with Crippen LogP contribution in [0.3, 0.4) is 0 Å². The van der Waals surface area contributed by atoms with Crippen molar-refractivity contribution in [3.05, 3.63) is 33.9 Å². The molecule has 1 unspecified atom stereocenters. The Labute approximate surface area is 117 Å². The van der Waals surface area contributed by atoms with Gasteiger partial charge in [-0.25, -0.2) is 9.50 Å². The summed E-state index contributed by atoms with van der Waals surface area (Å²) in [4.78, 5) is 16.9. The maximum Gasteiger partial charge on any atom is 0.272 e. The summed E-state index contributed by atoms with van der Waals surface area (Å²) in [5.74, 6) is 1.22. The van der Waals surface area contributed by atoms with Crippen molar-refractivity contribution in [1.82, 2.24) is 19.9 Å². The van der Waals surface area contributed by atoms with Crippen LogP contribution in [0.1, 0.15) is 42.9 Å². The predicted octanol–water partition coefficient (Wildman–Crippen LogP) is 1.44. The van der Waals surface area contributed by atoms with Crippen molar-refractivity contribution in [3.63, 3.8) is 0 Å². The average Bonchev–Trinajstić information content (AvgIpc) is 3.20. The Morgan fingerprint density at radius 3 is 3.00 bits per heavy atom. The van der Waals surface area contributed by atoms with Crippen molar-refractivity contribution in [1.29, 1.82) is 0 Å². The summed E-state index contributed by atoms with van der Waals surface area (Å²) in [5.41, 5.74) is 3.02. The van der Waals surface area contributed by atoms with Crippen LogP contribution in [0.5, 0.6) is 0 Å². The first-order valence-electron chi connectivity index (χ1n) is 7.62. The summed E-state index contributed by atoms with van der Waals surface area (Å²) >= 11 is 0. The second kappa shape index (κ2) is 4.74. The molecule has 1 atom stereocenters. The zero-order valence-corrected chi connectivity index (χ0v) is 11.6. The van der Waals surface area contributed by atoms with Gasteiger partial charge in [0.15, 0.2) is 5.65 Å². The van der Waals surface area contributed by atoms with E-state index in [2.05, 4.69) is 10.4 Å². The van der Waals surface area contributed by atoms with Crippen LogP contribution in [-0.2, 0) is 6.42 Å². The summed E-state index contributed by atoms with van der Waals surface area (Å²) in [5, 5.41) is 6.46. The lowest BCUT2D eigenvalue weighted by Crippen LogP contribution is -2.31. The van der Waals surface area contributed by atoms with Crippen LogP contribution in [0.2, 0.25) is 0 Å². The Hall–Kier alpha value is -1.62. The lowest BCUT2D eigenvalue weighted by atomic mass is 9.94. The minimum absolute atomic E-state index is 0.0145. The van der Waals surface area contributed by atoms with Gasteiger partial charge < -0.3 is 5.32 Å². The number of fused-ring (bicyclic) bond motifs is 1. The minimum atomic E-state index is 0.0145. The van der Waals surface area contributed by atoms with Gasteiger partial charge in [-0.1, -0.05) is 0 Å². The van der Waals surface area contributed by atoms with Gasteiger partial charge in [0.25, 0.3) is 5.56 Å². The van der Waals surface area contributed by atoms with Gasteiger partial charge in [-0.3, -0.25) is 9.89 Å². The van der Waals surface area contributed by atoms with E-state index in [1.807, 2.05) is 6.20 Å². The Balaban J connectivity index is 1.68. The number of piperidine rings is 1. The molecule has 1 aliphatic carbocycles. The average molecular weight is 272 g/mol. The molecule has 2 aromatic rings. The highest BCUT2D eigenvalue weighted by Crippen LogP contribution is 2.41. The summed E-state index contributed by atoms with van der Waals surface area (Å²) in [6, 6.07) is 1.69. The molecule has 106 valence electrons. The van der Waals surface area contributed by atoms with Gasteiger partial charge >= 0.3 is 0 Å². The molecule has 1 aliphatic heterocycles. The molecular weight excluding hydrogens is 252 g/mol. The molecule has 2 fully saturated rings. The molecule has 0 radical (unpaired) electrons. The standard InChI is InChI=1S/C15H20N4O/c20-14-7-12(6-10-2-1-5-16-8-10)18-15-13(11-3-4-11)9-17-19(14)15/h7,9-11,16-17H,1-6,8H2. The SMILES string of the molecule is O=c1cc(CC2CCCNC2)nc2c(C3CC3)c[nH]n12. The highest BCUT2D eigenvalue weighted by molar-refractivity contribution is 5.50. The third-order valence-electron chi connectivity index (χ3n) is 4.49. The second-order valence-electron chi connectivity index (χ2n) is 6.16. The zero-order valence-electron chi connectivity index (χ0n) is 11.6. The smallest absolute Gasteiger partial charge is 0.272 e. The third kappa shape index (κ3) is 2.16. The summed E-state index contributed by atoms with van der Waals surface area (Å²) in [7, 11) is 0. The number of H-pyrrole nitrogens is 1. The van der Waals surface area contributed by atoms with Crippen molar-refractivity contribution in [2.75, 3.05) is 13.1 Å². The van der Waals surface area contributed by atoms with Crippen LogP contribution < -0.4 is 10.9 Å². The maximum absolute atomic E-state index is 12.2. The molecule has 20 heavy (non-hydrogen) atoms. The predicted molar refractivity (Wildman–Crippen MR) is 77.1 cm³/mol. The molecule has 1 saturated carbocycles. The molecule has 3 heterocycles. The molecule has 1 saturated heterocycles. The Kier molecular flexibility index (Phi) is 2.88. The lowest BCUT2D eigenvalue weighted by molar-refractivity contribution is 0.373. The van der Waals surface area contributed by atoms with Crippen LogP contribution in [0.15, 0.2) is 17.1 Å². The number of aromatic nitrogens is 3. The Morgan fingerprint density at radius 1 is 1.35 bits per heavy atom. The fourth-order valence-corrected chi connectivity index (χ4v) is 3.24. The minimum Gasteiger partial charge on any atom is -0.316 e. The number of hydrogen-bond acceptors (Lipinski definition) is 3. The molecule has 5 heteroatoms. The van der Waals surface area contributed by atoms with E-state index in [-0.39, 0.29) is 5.56 Å². The summed E-state index contributed by atoms with van der Waals surface area (Å²) in [6.07, 6.45) is 7.77. The number of nitrogens with zero attached hydrogens (tertiary/aromatic N) is 2. The molecule has 2 aromatic heterocycles. The number of hydrogen-bond donors (Lipinski definition) is 2. The van der Waals surface area contributed by atoms with E-state index in [0.29, 0.717) is 11.8 Å². The molecule has 0 spiro atoms. The van der Waals surface area contributed by atoms with Crippen LogP contribution in [0.25, 0.3) is 5.65 Å². The van der Waals surface area contributed by atoms with E-state index in [1.165, 1.54) is 31.2 Å². The van der Waals surface area contributed by atoms with Crippen molar-refractivity contribution >= 4 is 5.65 Å². The van der Waals surface area contributed by atoms with E-state index in [4.69, 9.17) is 4.98 Å². The van der Waals surface area contributed by atoms with Crippen molar-refractivity contribution < 1.29 is 0 Å². The molecule has 0 bridgehead atoms. The van der Waals surface area contributed by atoms with Gasteiger partial charge in [-0.05, 0) is 57.0 Å². The molecular formula is C15H20N4O. The van der Waals surface area contributed by atoms with Gasteiger partial charge in [0.1, 0.15) is 0 Å². The molecule has 4 rings (SSSR count). The number of aromatic amines is 1. The van der Waals surface area contributed by atoms with Gasteiger partial charge in [-0.15, -0.1) is 0 Å². The molecule has 0 aromatic carbocycles. The molecule has 5 nitrogen and oxygen atoms in total. The van der Waals surface area contributed by atoms with E-state index < -0.39 is 0 Å². The van der Waals surface area contributed by atoms with Gasteiger partial charge in [0.2, 0.25) is 0 Å². The lowest BCUT2D eigenvalue weighted by Gasteiger charge is -2.22. The summed E-state index contributed by atoms with van der Waals surface area (Å²) in [6.45, 7) is 2.17. The second-order valence-corrected chi connectivity index (χ2v) is 6.16. The van der Waals surface area contributed by atoms with Crippen LogP contribution in [0, 0.1) is 5.92 Å². The van der Waals surface area contributed by atoms with Crippen LogP contribution in [0.4, 0.5) is 0 Å². The first-order valence-corrected chi connectivity index (χ1v) is 7.62. The Morgan fingerprint density at radius 2 is 2.25 bits per heavy atom. The highest BCUT2D eigenvalue weighted by atomic mass is 16.1. The highest BCUT2D eigenvalue weighted by Gasteiger charge is 2.27. The fourth-order valence-electron chi connectivity index (χ4n) is 3.24. The van der Waals surface area contributed by atoms with Gasteiger partial charge in [-0.2, -0.15) is 0 Å². The number of nitrogens with one attached hydrogen (secondary N) is 2. The van der Waals surface area contributed by atoms with E-state index in [1.54, 1.807) is 10.6 Å². The first kappa shape index (κ1) is 12.1. The van der Waals surface area contributed by atoms with E-state index >= 15 is 0 Å². The molecule has 2 N–H and O–H groups in total. The molecule has 0 amide bonds. The topological polar surface area (TPSA) is 62.2 Å². The van der Waals surface area contributed by atoms with Crippen LogP contribution in [-0.4, -0.2) is 27.7 Å². The van der Waals surface area contributed by atoms with Gasteiger partial charge in [0.05, 0.1) is 0 Å². The van der Waals surface area contributed by atoms with E-state index in [9.17, 15) is 4.79 Å². The number of rotatable bonds is 3. The fraction of sp³-hybridized carbons (Fsp3) is 0.600. The first-order chi connectivity index (χ1) is 9.81. The largest absolute Gasteiger partial charge is 0.316 e. The van der Waals surface area contributed by atoms with Crippen molar-refractivity contribution in [2.24, 2.45) is 5.92 Å². The quantitative estimate of drug-likeness (QED) is 0.889. The normalized spacial score (nSPS) is 23.3. The monoisotopic (exact) mass is 272 g/mol. The summed E-state index contributed by atoms with van der Waals surface area (Å²) < 4.78 is 1.58. The maximum atomic E-state index is 12.2. The van der Waals surface area contributed by atoms with E-state index in [0.717, 1.165) is 30.9 Å². The Bertz CT molecular complexity index is 677. The third-order valence-corrected chi connectivity index (χ3v) is 4.49.